The average Bonchev–Trinajstić information content (AvgIpc) is 3.29. The van der Waals surface area contributed by atoms with Crippen molar-refractivity contribution >= 4 is 44.6 Å². The zero-order chi connectivity index (χ0) is 29.4. The van der Waals surface area contributed by atoms with E-state index in [1.165, 1.54) is 16.6 Å². The average molecular weight is 606 g/mol. The molecule has 0 saturated heterocycles. The Hall–Kier alpha value is -4.22. The predicted molar refractivity (Wildman–Crippen MR) is 181 cm³/mol. The molecule has 208 valence electrons. The minimum absolute atomic E-state index is 0.314. The van der Waals surface area contributed by atoms with Gasteiger partial charge in [-0.1, -0.05) is 103 Å². The molecule has 4 nitrogen and oxygen atoms in total. The number of allylic oxidation sites excluding steroid dienone is 4. The smallest absolute Gasteiger partial charge is 0.169 e. The number of benzene rings is 3. The highest BCUT2D eigenvalue weighted by Gasteiger charge is 2.21. The summed E-state index contributed by atoms with van der Waals surface area (Å²) >= 11 is 3.64. The Bertz CT molecular complexity index is 1670. The van der Waals surface area contributed by atoms with Crippen LogP contribution >= 0.6 is 15.9 Å². The van der Waals surface area contributed by atoms with E-state index < -0.39 is 0 Å². The van der Waals surface area contributed by atoms with Gasteiger partial charge in [-0.3, -0.25) is 0 Å². The zero-order valence-electron chi connectivity index (χ0n) is 24.4. The number of fused-ring (bicyclic) bond motifs is 1. The van der Waals surface area contributed by atoms with E-state index in [1.807, 2.05) is 64.1 Å². The highest BCUT2D eigenvalue weighted by molar-refractivity contribution is 9.10. The van der Waals surface area contributed by atoms with Gasteiger partial charge in [0.2, 0.25) is 0 Å². The maximum absolute atomic E-state index is 5.00. The summed E-state index contributed by atoms with van der Waals surface area (Å²) in [4.78, 5) is 9.94. The van der Waals surface area contributed by atoms with E-state index in [1.54, 1.807) is 0 Å². The highest BCUT2D eigenvalue weighted by Crippen LogP contribution is 2.33. The number of nitrogens with zero attached hydrogens (tertiary/aromatic N) is 3. The van der Waals surface area contributed by atoms with Crippen molar-refractivity contribution in [2.24, 2.45) is 9.98 Å². The van der Waals surface area contributed by atoms with E-state index in [0.717, 1.165) is 44.0 Å². The predicted octanol–water partition coefficient (Wildman–Crippen LogP) is 9.90. The van der Waals surface area contributed by atoms with E-state index in [9.17, 15) is 0 Å². The number of nitrogens with one attached hydrogen (secondary N) is 1. The molecule has 1 N–H and O–H groups in total. The largest absolute Gasteiger partial charge is 0.324 e. The van der Waals surface area contributed by atoms with Gasteiger partial charge < -0.3 is 9.88 Å². The lowest BCUT2D eigenvalue weighted by molar-refractivity contribution is 0.755. The van der Waals surface area contributed by atoms with Crippen molar-refractivity contribution in [3.63, 3.8) is 0 Å². The first-order chi connectivity index (χ1) is 20.0. The van der Waals surface area contributed by atoms with Crippen molar-refractivity contribution in [3.8, 4) is 5.69 Å². The van der Waals surface area contributed by atoms with Gasteiger partial charge in [-0.05, 0) is 68.8 Å². The van der Waals surface area contributed by atoms with Gasteiger partial charge in [0.1, 0.15) is 11.7 Å². The van der Waals surface area contributed by atoms with Crippen LogP contribution < -0.4 is 5.32 Å². The Kier molecular flexibility index (Phi) is 10.1. The van der Waals surface area contributed by atoms with Crippen molar-refractivity contribution in [3.05, 3.63) is 142 Å². The Morgan fingerprint density at radius 1 is 0.976 bits per heavy atom. The van der Waals surface area contributed by atoms with E-state index in [4.69, 9.17) is 9.98 Å². The normalized spacial score (nSPS) is 15.4. The summed E-state index contributed by atoms with van der Waals surface area (Å²) in [6, 6.07) is 25.2. The Labute approximate surface area is 252 Å². The van der Waals surface area contributed by atoms with Crippen LogP contribution in [0.25, 0.3) is 22.7 Å². The van der Waals surface area contributed by atoms with Gasteiger partial charge in [0.25, 0.3) is 0 Å². The SMILES string of the molecule is C=C/C=C\c1c(C)n(-c2ccc(C3=NC(c4ccccc4)N=C(C(/C=C\C)=C/C)N3)cc2)c2ccc(Br)cc12.CC. The molecule has 0 aliphatic carbocycles. The summed E-state index contributed by atoms with van der Waals surface area (Å²) in [6.07, 6.45) is 11.8. The third-order valence-corrected chi connectivity index (χ3v) is 7.27. The molecule has 0 bridgehead atoms. The fourth-order valence-corrected chi connectivity index (χ4v) is 5.26. The second-order valence-electron chi connectivity index (χ2n) is 9.25. The number of hydrogen-bond donors (Lipinski definition) is 1. The molecule has 0 amide bonds. The molecule has 0 fully saturated rings. The second-order valence-corrected chi connectivity index (χ2v) is 10.2. The summed E-state index contributed by atoms with van der Waals surface area (Å²) in [5, 5.41) is 4.68. The summed E-state index contributed by atoms with van der Waals surface area (Å²) in [6.45, 7) is 14.0. The quantitative estimate of drug-likeness (QED) is 0.209. The molecule has 1 unspecified atom stereocenters. The molecule has 4 aromatic rings. The third-order valence-electron chi connectivity index (χ3n) is 6.78. The van der Waals surface area contributed by atoms with Gasteiger partial charge in [-0.25, -0.2) is 9.98 Å². The molecule has 5 rings (SSSR count). The summed E-state index contributed by atoms with van der Waals surface area (Å²) in [7, 11) is 0. The van der Waals surface area contributed by atoms with Gasteiger partial charge in [-0.15, -0.1) is 0 Å². The number of halogens is 1. The molecule has 1 aromatic heterocycles. The third kappa shape index (κ3) is 6.41. The van der Waals surface area contributed by atoms with Crippen molar-refractivity contribution in [2.45, 2.75) is 40.8 Å². The molecule has 41 heavy (non-hydrogen) atoms. The summed E-state index contributed by atoms with van der Waals surface area (Å²) < 4.78 is 3.36. The number of hydrogen-bond acceptors (Lipinski definition) is 3. The standard InChI is InChI=1S/C34H31BrN4.C2H6/c1-5-8-15-29-23(4)39(31-21-18-27(35)22-30(29)31)28-19-16-26(17-20-28)34-37-32(24(7-3)12-6-2)36-33(38-34)25-13-10-9-11-14-25;1-2/h5-22,33H,1H2,2-4H3,(H,36,37,38);1-2H3/b12-6-,15-8-,24-7+;. The second kappa shape index (κ2) is 13.9. The van der Waals surface area contributed by atoms with Crippen LogP contribution in [0.2, 0.25) is 0 Å². The molecule has 1 atom stereocenters. The zero-order valence-corrected chi connectivity index (χ0v) is 26.0. The van der Waals surface area contributed by atoms with Gasteiger partial charge in [0, 0.05) is 37.9 Å². The maximum atomic E-state index is 5.00. The van der Waals surface area contributed by atoms with Crippen LogP contribution in [0.1, 0.15) is 56.2 Å². The van der Waals surface area contributed by atoms with Crippen LogP contribution in [0, 0.1) is 6.92 Å². The van der Waals surface area contributed by atoms with Crippen molar-refractivity contribution in [2.75, 3.05) is 0 Å². The van der Waals surface area contributed by atoms with E-state index >= 15 is 0 Å². The highest BCUT2D eigenvalue weighted by atomic mass is 79.9. The van der Waals surface area contributed by atoms with Gasteiger partial charge in [0.15, 0.2) is 6.17 Å². The van der Waals surface area contributed by atoms with Crippen LogP contribution in [0.15, 0.2) is 130 Å². The van der Waals surface area contributed by atoms with Gasteiger partial charge >= 0.3 is 0 Å². The Morgan fingerprint density at radius 2 is 1.71 bits per heavy atom. The molecule has 0 saturated carbocycles. The fraction of sp³-hybridized carbons (Fsp3) is 0.167. The minimum atomic E-state index is -0.314. The summed E-state index contributed by atoms with van der Waals surface area (Å²) in [5.74, 6) is 1.62. The molecular weight excluding hydrogens is 568 g/mol. The van der Waals surface area contributed by atoms with E-state index in [-0.39, 0.29) is 6.17 Å². The van der Waals surface area contributed by atoms with Crippen LogP contribution in [0.3, 0.4) is 0 Å². The monoisotopic (exact) mass is 604 g/mol. The summed E-state index contributed by atoms with van der Waals surface area (Å²) in [5.41, 5.74) is 7.70. The topological polar surface area (TPSA) is 41.7 Å². The molecule has 0 spiro atoms. The number of amidine groups is 2. The van der Waals surface area contributed by atoms with Crippen LogP contribution in [-0.2, 0) is 0 Å². The first kappa shape index (κ1) is 29.8. The lowest BCUT2D eigenvalue weighted by atomic mass is 10.1. The number of rotatable bonds is 7. The first-order valence-electron chi connectivity index (χ1n) is 14.0. The molecule has 0 radical (unpaired) electrons. The molecule has 5 heteroatoms. The van der Waals surface area contributed by atoms with Gasteiger partial charge in [0.05, 0.1) is 5.52 Å². The van der Waals surface area contributed by atoms with Crippen LogP contribution in [0.4, 0.5) is 0 Å². The Morgan fingerprint density at radius 3 is 2.37 bits per heavy atom. The van der Waals surface area contributed by atoms with Crippen molar-refractivity contribution < 1.29 is 0 Å². The van der Waals surface area contributed by atoms with Crippen molar-refractivity contribution in [1.82, 2.24) is 9.88 Å². The first-order valence-corrected chi connectivity index (χ1v) is 14.8. The maximum Gasteiger partial charge on any atom is 0.169 e. The number of aliphatic imine (C=N–C) groups is 2. The van der Waals surface area contributed by atoms with E-state index in [2.05, 4.69) is 112 Å². The Balaban J connectivity index is 0.00000189. The molecule has 1 aliphatic rings. The lowest BCUT2D eigenvalue weighted by Crippen LogP contribution is -2.36. The van der Waals surface area contributed by atoms with Crippen LogP contribution in [-0.4, -0.2) is 16.2 Å². The fourth-order valence-electron chi connectivity index (χ4n) is 4.90. The molecule has 1 aliphatic heterocycles. The minimum Gasteiger partial charge on any atom is -0.324 e. The van der Waals surface area contributed by atoms with Gasteiger partial charge in [-0.2, -0.15) is 0 Å². The molecule has 2 heterocycles. The molecule has 3 aromatic carbocycles. The van der Waals surface area contributed by atoms with Crippen molar-refractivity contribution in [1.29, 1.82) is 0 Å². The van der Waals surface area contributed by atoms with E-state index in [0.29, 0.717) is 0 Å². The molecular formula is C36H37BrN4. The lowest BCUT2D eigenvalue weighted by Gasteiger charge is -2.23. The number of aromatic nitrogens is 1. The van der Waals surface area contributed by atoms with Crippen LogP contribution in [0.5, 0.6) is 0 Å².